The van der Waals surface area contributed by atoms with E-state index >= 15 is 0 Å². The molecule has 1 aromatic carbocycles. The fraction of sp³-hybridized carbons (Fsp3) is 0.400. The molecule has 0 aliphatic heterocycles. The van der Waals surface area contributed by atoms with Crippen molar-refractivity contribution in [2.75, 3.05) is 7.11 Å². The van der Waals surface area contributed by atoms with Gasteiger partial charge in [0.05, 0.1) is 17.2 Å². The van der Waals surface area contributed by atoms with Crippen LogP contribution in [0.4, 0.5) is 0 Å². The van der Waals surface area contributed by atoms with Crippen LogP contribution in [0.5, 0.6) is 0 Å². The quantitative estimate of drug-likeness (QED) is 0.900. The highest BCUT2D eigenvalue weighted by molar-refractivity contribution is 5.78. The maximum Gasteiger partial charge on any atom is 0.0884 e. The van der Waals surface area contributed by atoms with Crippen molar-refractivity contribution in [2.24, 2.45) is 0 Å². The number of aromatic nitrogens is 1. The number of benzene rings is 1. The van der Waals surface area contributed by atoms with E-state index in [1.807, 2.05) is 50.2 Å². The number of hydrogen-bond donors (Lipinski definition) is 1. The first-order valence-corrected chi connectivity index (χ1v) is 6.11. The van der Waals surface area contributed by atoms with Gasteiger partial charge in [0.15, 0.2) is 0 Å². The summed E-state index contributed by atoms with van der Waals surface area (Å²) in [6, 6.07) is 12.0. The van der Waals surface area contributed by atoms with Crippen molar-refractivity contribution in [3.05, 3.63) is 42.1 Å². The minimum absolute atomic E-state index is 0.492. The molecule has 1 aromatic heterocycles. The smallest absolute Gasteiger partial charge is 0.0884 e. The van der Waals surface area contributed by atoms with Gasteiger partial charge in [0.2, 0.25) is 0 Å². The van der Waals surface area contributed by atoms with Gasteiger partial charge in [-0.05, 0) is 26.0 Å². The number of methoxy groups -OCH3 is 1. The third-order valence-electron chi connectivity index (χ3n) is 3.39. The Morgan fingerprint density at radius 3 is 2.67 bits per heavy atom. The Morgan fingerprint density at radius 1 is 1.22 bits per heavy atom. The molecule has 1 heterocycles. The lowest BCUT2D eigenvalue weighted by Crippen LogP contribution is -2.39. The van der Waals surface area contributed by atoms with E-state index in [0.717, 1.165) is 16.6 Å². The summed E-state index contributed by atoms with van der Waals surface area (Å²) in [5.74, 6) is 0. The fourth-order valence-corrected chi connectivity index (χ4v) is 1.80. The molecule has 3 heteroatoms. The standard InChI is InChI=1S/C15H19NO2/c1-15(2,18-3)14(17)10-12-9-8-11-6-4-5-7-13(11)16-12/h4-9,14,17H,10H2,1-3H3. The lowest BCUT2D eigenvalue weighted by atomic mass is 9.97. The van der Waals surface area contributed by atoms with Crippen molar-refractivity contribution in [1.82, 2.24) is 4.98 Å². The van der Waals surface area contributed by atoms with Gasteiger partial charge in [-0.15, -0.1) is 0 Å². The number of hydrogen-bond acceptors (Lipinski definition) is 3. The van der Waals surface area contributed by atoms with Gasteiger partial charge in [-0.25, -0.2) is 0 Å². The molecular formula is C15H19NO2. The van der Waals surface area contributed by atoms with Crippen LogP contribution in [0.3, 0.4) is 0 Å². The minimum Gasteiger partial charge on any atom is -0.390 e. The maximum atomic E-state index is 10.1. The molecule has 0 fully saturated rings. The first kappa shape index (κ1) is 13.0. The highest BCUT2D eigenvalue weighted by Gasteiger charge is 2.27. The SMILES string of the molecule is COC(C)(C)C(O)Cc1ccc2ccccc2n1. The van der Waals surface area contributed by atoms with E-state index in [-0.39, 0.29) is 0 Å². The summed E-state index contributed by atoms with van der Waals surface area (Å²) in [4.78, 5) is 4.55. The van der Waals surface area contributed by atoms with Crippen molar-refractivity contribution in [3.8, 4) is 0 Å². The first-order valence-electron chi connectivity index (χ1n) is 6.11. The number of aliphatic hydroxyl groups excluding tert-OH is 1. The number of rotatable bonds is 4. The minimum atomic E-state index is -0.573. The van der Waals surface area contributed by atoms with E-state index in [9.17, 15) is 5.11 Å². The highest BCUT2D eigenvalue weighted by Crippen LogP contribution is 2.19. The summed E-state index contributed by atoms with van der Waals surface area (Å²) in [6.45, 7) is 3.75. The fourth-order valence-electron chi connectivity index (χ4n) is 1.80. The summed E-state index contributed by atoms with van der Waals surface area (Å²) in [5.41, 5.74) is 1.27. The molecule has 0 spiro atoms. The Kier molecular flexibility index (Phi) is 3.64. The number of fused-ring (bicyclic) bond motifs is 1. The van der Waals surface area contributed by atoms with Crippen molar-refractivity contribution >= 4 is 10.9 Å². The third-order valence-corrected chi connectivity index (χ3v) is 3.39. The highest BCUT2D eigenvalue weighted by atomic mass is 16.5. The second-order valence-corrected chi connectivity index (χ2v) is 5.02. The summed E-state index contributed by atoms with van der Waals surface area (Å²) < 4.78 is 5.28. The van der Waals surface area contributed by atoms with Gasteiger partial charge in [-0.2, -0.15) is 0 Å². The average Bonchev–Trinajstić information content (AvgIpc) is 2.38. The zero-order valence-electron chi connectivity index (χ0n) is 11.1. The van der Waals surface area contributed by atoms with Gasteiger partial charge in [-0.1, -0.05) is 24.3 Å². The summed E-state index contributed by atoms with van der Waals surface area (Å²) in [7, 11) is 1.61. The van der Waals surface area contributed by atoms with Crippen molar-refractivity contribution in [3.63, 3.8) is 0 Å². The zero-order valence-corrected chi connectivity index (χ0v) is 11.1. The van der Waals surface area contributed by atoms with Crippen molar-refractivity contribution < 1.29 is 9.84 Å². The van der Waals surface area contributed by atoms with Crippen LogP contribution in [0.1, 0.15) is 19.5 Å². The topological polar surface area (TPSA) is 42.4 Å². The van der Waals surface area contributed by atoms with Gasteiger partial charge < -0.3 is 9.84 Å². The molecule has 18 heavy (non-hydrogen) atoms. The van der Waals surface area contributed by atoms with Gasteiger partial charge in [-0.3, -0.25) is 4.98 Å². The predicted octanol–water partition coefficient (Wildman–Crippen LogP) is 2.56. The number of aliphatic hydroxyl groups is 1. The van der Waals surface area contributed by atoms with E-state index in [4.69, 9.17) is 4.74 Å². The largest absolute Gasteiger partial charge is 0.390 e. The van der Waals surface area contributed by atoms with Gasteiger partial charge in [0.1, 0.15) is 0 Å². The predicted molar refractivity (Wildman–Crippen MR) is 72.5 cm³/mol. The van der Waals surface area contributed by atoms with Crippen LogP contribution in [0.15, 0.2) is 36.4 Å². The number of pyridine rings is 1. The second-order valence-electron chi connectivity index (χ2n) is 5.02. The normalized spacial score (nSPS) is 13.8. The van der Waals surface area contributed by atoms with Crippen molar-refractivity contribution in [1.29, 1.82) is 0 Å². The summed E-state index contributed by atoms with van der Waals surface area (Å²) >= 11 is 0. The van der Waals surface area contributed by atoms with E-state index in [1.165, 1.54) is 0 Å². The molecule has 96 valence electrons. The van der Waals surface area contributed by atoms with Crippen LogP contribution in [-0.2, 0) is 11.2 Å². The summed E-state index contributed by atoms with van der Waals surface area (Å²) in [6.07, 6.45) is -0.0813. The Labute approximate surface area is 107 Å². The molecule has 0 amide bonds. The Bertz CT molecular complexity index is 537. The van der Waals surface area contributed by atoms with Crippen LogP contribution in [0, 0.1) is 0 Å². The molecular weight excluding hydrogens is 226 g/mol. The Balaban J connectivity index is 2.22. The molecule has 1 N–H and O–H groups in total. The Morgan fingerprint density at radius 2 is 1.94 bits per heavy atom. The molecule has 0 radical (unpaired) electrons. The van der Waals surface area contributed by atoms with Crippen LogP contribution in [0.2, 0.25) is 0 Å². The van der Waals surface area contributed by atoms with Gasteiger partial charge >= 0.3 is 0 Å². The molecule has 0 saturated carbocycles. The number of ether oxygens (including phenoxy) is 1. The lowest BCUT2D eigenvalue weighted by Gasteiger charge is -2.28. The Hall–Kier alpha value is -1.45. The van der Waals surface area contributed by atoms with Gasteiger partial charge in [0, 0.05) is 24.6 Å². The monoisotopic (exact) mass is 245 g/mol. The van der Waals surface area contributed by atoms with E-state index in [1.54, 1.807) is 7.11 Å². The molecule has 2 rings (SSSR count). The maximum absolute atomic E-state index is 10.1. The van der Waals surface area contributed by atoms with Crippen molar-refractivity contribution in [2.45, 2.75) is 32.0 Å². The van der Waals surface area contributed by atoms with Gasteiger partial charge in [0.25, 0.3) is 0 Å². The first-order chi connectivity index (χ1) is 8.53. The molecule has 0 aliphatic rings. The number of nitrogens with zero attached hydrogens (tertiary/aromatic N) is 1. The lowest BCUT2D eigenvalue weighted by molar-refractivity contribution is -0.0768. The van der Waals surface area contributed by atoms with E-state index in [0.29, 0.717) is 6.42 Å². The molecule has 0 aliphatic carbocycles. The molecule has 1 atom stereocenters. The average molecular weight is 245 g/mol. The zero-order chi connectivity index (χ0) is 13.2. The van der Waals surface area contributed by atoms with E-state index in [2.05, 4.69) is 4.98 Å². The van der Waals surface area contributed by atoms with Crippen LogP contribution in [0.25, 0.3) is 10.9 Å². The number of para-hydroxylation sites is 1. The van der Waals surface area contributed by atoms with Crippen LogP contribution < -0.4 is 0 Å². The molecule has 2 aromatic rings. The third kappa shape index (κ3) is 2.68. The summed E-state index contributed by atoms with van der Waals surface area (Å²) in [5, 5.41) is 11.3. The molecule has 3 nitrogen and oxygen atoms in total. The van der Waals surface area contributed by atoms with Crippen LogP contribution in [-0.4, -0.2) is 28.9 Å². The molecule has 0 saturated heterocycles. The van der Waals surface area contributed by atoms with Crippen LogP contribution >= 0.6 is 0 Å². The van der Waals surface area contributed by atoms with E-state index < -0.39 is 11.7 Å². The molecule has 0 bridgehead atoms. The second kappa shape index (κ2) is 5.04. The molecule has 1 unspecified atom stereocenters.